The summed E-state index contributed by atoms with van der Waals surface area (Å²) in [4.78, 5) is 0. The van der Waals surface area contributed by atoms with Crippen molar-refractivity contribution in [1.82, 2.24) is 20.9 Å². The predicted octanol–water partition coefficient (Wildman–Crippen LogP) is 2.62. The summed E-state index contributed by atoms with van der Waals surface area (Å²) in [6.45, 7) is 0.662. The molecule has 1 aromatic heterocycles. The summed E-state index contributed by atoms with van der Waals surface area (Å²) in [5.74, 6) is 0.641. The quantitative estimate of drug-likeness (QED) is 0.509. The molecule has 0 amide bonds. The van der Waals surface area contributed by atoms with Gasteiger partial charge in [0.05, 0.1) is 6.20 Å². The van der Waals surface area contributed by atoms with Gasteiger partial charge in [0.1, 0.15) is 0 Å². The lowest BCUT2D eigenvalue weighted by atomic mass is 10.2. The van der Waals surface area contributed by atoms with Crippen molar-refractivity contribution >= 4 is 33.9 Å². The molecule has 22 heavy (non-hydrogen) atoms. The molecule has 0 aliphatic heterocycles. The van der Waals surface area contributed by atoms with Crippen molar-refractivity contribution in [3.63, 3.8) is 0 Å². The molecule has 3 rings (SSSR count). The number of benzene rings is 2. The van der Waals surface area contributed by atoms with Crippen molar-refractivity contribution in [2.24, 2.45) is 0 Å². The van der Waals surface area contributed by atoms with Crippen LogP contribution in [0.15, 0.2) is 60.8 Å². The van der Waals surface area contributed by atoms with Gasteiger partial charge < -0.3 is 5.32 Å². The van der Waals surface area contributed by atoms with Crippen molar-refractivity contribution in [3.05, 3.63) is 66.4 Å². The zero-order chi connectivity index (χ0) is 15.2. The maximum absolute atomic E-state index is 5.24. The summed E-state index contributed by atoms with van der Waals surface area (Å²) in [6.07, 6.45) is 1.73. The molecule has 110 valence electrons. The molecular weight excluding hydrogens is 294 g/mol. The summed E-state index contributed by atoms with van der Waals surface area (Å²) in [6, 6.07) is 18.0. The number of anilines is 1. The molecule has 3 aromatic rings. The van der Waals surface area contributed by atoms with Crippen LogP contribution >= 0.6 is 12.2 Å². The molecule has 0 unspecified atom stereocenters. The summed E-state index contributed by atoms with van der Waals surface area (Å²) in [7, 11) is 0. The number of fused-ring (bicyclic) bond motifs is 1. The van der Waals surface area contributed by atoms with Gasteiger partial charge in [-0.3, -0.25) is 10.9 Å². The second-order valence-electron chi connectivity index (χ2n) is 4.70. The summed E-state index contributed by atoms with van der Waals surface area (Å²) < 4.78 is 0. The first kappa shape index (κ1) is 14.2. The summed E-state index contributed by atoms with van der Waals surface area (Å²) in [5.41, 5.74) is 7.09. The van der Waals surface area contributed by atoms with E-state index in [0.29, 0.717) is 17.5 Å². The van der Waals surface area contributed by atoms with E-state index in [4.69, 9.17) is 12.2 Å². The topological polar surface area (TPSA) is 61.9 Å². The molecule has 2 aromatic carbocycles. The van der Waals surface area contributed by atoms with E-state index >= 15 is 0 Å². The monoisotopic (exact) mass is 309 g/mol. The lowest BCUT2D eigenvalue weighted by Gasteiger charge is -2.12. The van der Waals surface area contributed by atoms with E-state index in [0.717, 1.165) is 16.3 Å². The van der Waals surface area contributed by atoms with E-state index in [1.54, 1.807) is 6.20 Å². The standard InChI is InChI=1S/C16H15N5S/c22-16(17-10-12-6-2-1-3-7-12)21-20-15-14-9-5-4-8-13(14)11-18-19-15/h1-9,11H,10H2,(H,19,20)(H2,17,21,22). The maximum Gasteiger partial charge on any atom is 0.185 e. The number of hydrogen-bond acceptors (Lipinski definition) is 4. The first-order valence-corrected chi connectivity index (χ1v) is 7.28. The van der Waals surface area contributed by atoms with Gasteiger partial charge in [-0.05, 0) is 17.8 Å². The molecule has 1 heterocycles. The van der Waals surface area contributed by atoms with Gasteiger partial charge in [0.25, 0.3) is 0 Å². The maximum atomic E-state index is 5.24. The van der Waals surface area contributed by atoms with E-state index in [-0.39, 0.29) is 0 Å². The third-order valence-electron chi connectivity index (χ3n) is 3.16. The van der Waals surface area contributed by atoms with Crippen molar-refractivity contribution in [2.45, 2.75) is 6.54 Å². The van der Waals surface area contributed by atoms with Crippen molar-refractivity contribution in [2.75, 3.05) is 5.43 Å². The average Bonchev–Trinajstić information content (AvgIpc) is 2.59. The molecule has 0 saturated heterocycles. The number of nitrogens with one attached hydrogen (secondary N) is 3. The Morgan fingerprint density at radius 1 is 1.00 bits per heavy atom. The molecule has 0 fully saturated rings. The minimum Gasteiger partial charge on any atom is -0.357 e. The Bertz CT molecular complexity index is 770. The fraction of sp³-hybridized carbons (Fsp3) is 0.0625. The van der Waals surface area contributed by atoms with Gasteiger partial charge in [-0.15, -0.1) is 5.10 Å². The Morgan fingerprint density at radius 2 is 1.77 bits per heavy atom. The van der Waals surface area contributed by atoms with Crippen molar-refractivity contribution in [1.29, 1.82) is 0 Å². The number of hydrogen-bond donors (Lipinski definition) is 3. The number of thiocarbonyl (C=S) groups is 1. The average molecular weight is 309 g/mol. The Balaban J connectivity index is 1.58. The Morgan fingerprint density at radius 3 is 2.64 bits per heavy atom. The fourth-order valence-corrected chi connectivity index (χ4v) is 2.18. The number of aromatic nitrogens is 2. The van der Waals surface area contributed by atoms with Crippen molar-refractivity contribution < 1.29 is 0 Å². The molecule has 3 N–H and O–H groups in total. The Kier molecular flexibility index (Phi) is 4.41. The second kappa shape index (κ2) is 6.82. The van der Waals surface area contributed by atoms with Gasteiger partial charge in [0.15, 0.2) is 10.9 Å². The minimum absolute atomic E-state index is 0.499. The van der Waals surface area contributed by atoms with E-state index in [1.165, 1.54) is 0 Å². The van der Waals surface area contributed by atoms with Crippen LogP contribution in [0.5, 0.6) is 0 Å². The fourth-order valence-electron chi connectivity index (χ4n) is 2.06. The summed E-state index contributed by atoms with van der Waals surface area (Å²) in [5, 5.41) is 13.7. The van der Waals surface area contributed by atoms with Crippen LogP contribution in [-0.2, 0) is 6.54 Å². The Labute approximate surface area is 133 Å². The molecule has 0 atom stereocenters. The highest BCUT2D eigenvalue weighted by Gasteiger charge is 2.03. The zero-order valence-corrected chi connectivity index (χ0v) is 12.6. The van der Waals surface area contributed by atoms with Crippen LogP contribution in [0.2, 0.25) is 0 Å². The lowest BCUT2D eigenvalue weighted by Crippen LogP contribution is -2.38. The lowest BCUT2D eigenvalue weighted by molar-refractivity contribution is 0.881. The molecule has 0 aliphatic carbocycles. The Hall–Kier alpha value is -2.73. The third kappa shape index (κ3) is 3.48. The first-order valence-electron chi connectivity index (χ1n) is 6.87. The van der Waals surface area contributed by atoms with E-state index < -0.39 is 0 Å². The van der Waals surface area contributed by atoms with Crippen LogP contribution in [-0.4, -0.2) is 15.3 Å². The largest absolute Gasteiger partial charge is 0.357 e. The van der Waals surface area contributed by atoms with Crippen LogP contribution < -0.4 is 16.2 Å². The SMILES string of the molecule is S=C(NCc1ccccc1)NNc1nncc2ccccc12. The number of rotatable bonds is 4. The van der Waals surface area contributed by atoms with E-state index in [1.807, 2.05) is 54.6 Å². The molecule has 0 aliphatic rings. The van der Waals surface area contributed by atoms with Crippen LogP contribution in [0.1, 0.15) is 5.56 Å². The van der Waals surface area contributed by atoms with Gasteiger partial charge in [0, 0.05) is 17.3 Å². The highest BCUT2D eigenvalue weighted by Crippen LogP contribution is 2.18. The van der Waals surface area contributed by atoms with Gasteiger partial charge in [-0.1, -0.05) is 54.6 Å². The first-order chi connectivity index (χ1) is 10.8. The van der Waals surface area contributed by atoms with Gasteiger partial charge in [-0.2, -0.15) is 5.10 Å². The van der Waals surface area contributed by atoms with Gasteiger partial charge in [0.2, 0.25) is 0 Å². The van der Waals surface area contributed by atoms with Crippen LogP contribution in [0.4, 0.5) is 5.82 Å². The molecule has 0 spiro atoms. The molecule has 0 saturated carbocycles. The molecule has 0 radical (unpaired) electrons. The molecule has 5 nitrogen and oxygen atoms in total. The van der Waals surface area contributed by atoms with Gasteiger partial charge >= 0.3 is 0 Å². The van der Waals surface area contributed by atoms with E-state index in [2.05, 4.69) is 26.4 Å². The zero-order valence-electron chi connectivity index (χ0n) is 11.8. The van der Waals surface area contributed by atoms with Crippen LogP contribution in [0.25, 0.3) is 10.8 Å². The smallest absolute Gasteiger partial charge is 0.185 e. The highest BCUT2D eigenvalue weighted by molar-refractivity contribution is 7.80. The van der Waals surface area contributed by atoms with Crippen molar-refractivity contribution in [3.8, 4) is 0 Å². The number of hydrazine groups is 1. The third-order valence-corrected chi connectivity index (χ3v) is 3.41. The van der Waals surface area contributed by atoms with Crippen LogP contribution in [0, 0.1) is 0 Å². The predicted molar refractivity (Wildman–Crippen MR) is 92.2 cm³/mol. The number of nitrogens with zero attached hydrogens (tertiary/aromatic N) is 2. The second-order valence-corrected chi connectivity index (χ2v) is 5.11. The molecule has 0 bridgehead atoms. The van der Waals surface area contributed by atoms with E-state index in [9.17, 15) is 0 Å². The summed E-state index contributed by atoms with van der Waals surface area (Å²) >= 11 is 5.24. The molecular formula is C16H15N5S. The van der Waals surface area contributed by atoms with Crippen LogP contribution in [0.3, 0.4) is 0 Å². The molecule has 6 heteroatoms. The van der Waals surface area contributed by atoms with Gasteiger partial charge in [-0.25, -0.2) is 0 Å². The minimum atomic E-state index is 0.499. The highest BCUT2D eigenvalue weighted by atomic mass is 32.1. The normalized spacial score (nSPS) is 10.2.